The van der Waals surface area contributed by atoms with Gasteiger partial charge in [0.05, 0.1) is 39.1 Å². The quantitative estimate of drug-likeness (QED) is 0.622. The maximum atomic E-state index is 6.21. The molecule has 0 unspecified atom stereocenters. The molecule has 0 bridgehead atoms. The number of hydrogen-bond donors (Lipinski definition) is 1. The van der Waals surface area contributed by atoms with Gasteiger partial charge >= 0.3 is 0 Å². The summed E-state index contributed by atoms with van der Waals surface area (Å²) in [6.07, 6.45) is 1.64. The van der Waals surface area contributed by atoms with Crippen molar-refractivity contribution in [2.75, 3.05) is 21.3 Å². The molecule has 0 amide bonds. The molecule has 6 heteroatoms. The smallest absolute Gasteiger partial charge is 0.162 e. The van der Waals surface area contributed by atoms with Crippen LogP contribution in [-0.2, 0) is 6.54 Å². The fraction of sp³-hybridized carbons (Fsp3) is 0.235. The lowest BCUT2D eigenvalue weighted by molar-refractivity contribution is 0.355. The highest BCUT2D eigenvalue weighted by molar-refractivity contribution is 6.33. The highest BCUT2D eigenvalue weighted by atomic mass is 35.5. The Labute approximate surface area is 140 Å². The molecule has 0 aliphatic carbocycles. The minimum atomic E-state index is 0.533. The Kier molecular flexibility index (Phi) is 6.11. The molecule has 2 aromatic carbocycles. The van der Waals surface area contributed by atoms with Crippen molar-refractivity contribution in [3.05, 3.63) is 52.5 Å². The van der Waals surface area contributed by atoms with Gasteiger partial charge in [-0.2, -0.15) is 5.10 Å². The number of benzene rings is 2. The maximum Gasteiger partial charge on any atom is 0.162 e. The molecule has 0 aromatic heterocycles. The van der Waals surface area contributed by atoms with E-state index >= 15 is 0 Å². The first kappa shape index (κ1) is 17.0. The summed E-state index contributed by atoms with van der Waals surface area (Å²) in [5.41, 5.74) is 4.73. The third-order valence-electron chi connectivity index (χ3n) is 3.26. The first-order chi connectivity index (χ1) is 11.2. The van der Waals surface area contributed by atoms with Gasteiger partial charge in [0.2, 0.25) is 0 Å². The summed E-state index contributed by atoms with van der Waals surface area (Å²) in [4.78, 5) is 0. The SMILES string of the molecule is COc1ccccc1CN/N=C\c1cc(OC)c(OC)cc1Cl. The van der Waals surface area contributed by atoms with E-state index in [1.807, 2.05) is 24.3 Å². The summed E-state index contributed by atoms with van der Waals surface area (Å²) in [5, 5.41) is 4.73. The summed E-state index contributed by atoms with van der Waals surface area (Å²) in [7, 11) is 4.79. The van der Waals surface area contributed by atoms with Gasteiger partial charge in [-0.05, 0) is 12.1 Å². The molecule has 0 saturated carbocycles. The molecule has 5 nitrogen and oxygen atoms in total. The normalized spacial score (nSPS) is 10.6. The van der Waals surface area contributed by atoms with E-state index in [9.17, 15) is 0 Å². The molecule has 2 rings (SSSR count). The molecule has 1 N–H and O–H groups in total. The molecule has 0 radical (unpaired) electrons. The summed E-state index contributed by atoms with van der Waals surface area (Å²) >= 11 is 6.21. The lowest BCUT2D eigenvalue weighted by atomic mass is 10.2. The van der Waals surface area contributed by atoms with Gasteiger partial charge < -0.3 is 19.6 Å². The zero-order valence-electron chi connectivity index (χ0n) is 13.3. The Balaban J connectivity index is 2.06. The van der Waals surface area contributed by atoms with Crippen molar-refractivity contribution < 1.29 is 14.2 Å². The van der Waals surface area contributed by atoms with Crippen LogP contribution >= 0.6 is 11.6 Å². The van der Waals surface area contributed by atoms with Crippen LogP contribution in [0, 0.1) is 0 Å². The number of halogens is 1. The van der Waals surface area contributed by atoms with E-state index in [0.29, 0.717) is 23.1 Å². The zero-order valence-corrected chi connectivity index (χ0v) is 14.1. The van der Waals surface area contributed by atoms with E-state index in [1.165, 1.54) is 0 Å². The van der Waals surface area contributed by atoms with E-state index < -0.39 is 0 Å². The predicted octanol–water partition coefficient (Wildman–Crippen LogP) is 3.49. The fourth-order valence-corrected chi connectivity index (χ4v) is 2.27. The average Bonchev–Trinajstić information content (AvgIpc) is 2.59. The molecular formula is C17H19ClN2O3. The predicted molar refractivity (Wildman–Crippen MR) is 92.0 cm³/mol. The van der Waals surface area contributed by atoms with Crippen molar-refractivity contribution in [2.24, 2.45) is 5.10 Å². The highest BCUT2D eigenvalue weighted by Gasteiger charge is 2.08. The maximum absolute atomic E-state index is 6.21. The van der Waals surface area contributed by atoms with Crippen LogP contribution < -0.4 is 19.6 Å². The third-order valence-corrected chi connectivity index (χ3v) is 3.59. The van der Waals surface area contributed by atoms with Crippen LogP contribution in [0.25, 0.3) is 0 Å². The van der Waals surface area contributed by atoms with E-state index in [1.54, 1.807) is 39.7 Å². The molecule has 0 atom stereocenters. The first-order valence-electron chi connectivity index (χ1n) is 6.99. The number of ether oxygens (including phenoxy) is 3. The third kappa shape index (κ3) is 4.29. The van der Waals surface area contributed by atoms with Crippen LogP contribution in [0.15, 0.2) is 41.5 Å². The minimum absolute atomic E-state index is 0.533. The number of nitrogens with one attached hydrogen (secondary N) is 1. The average molecular weight is 335 g/mol. The summed E-state index contributed by atoms with van der Waals surface area (Å²) in [5.74, 6) is 2.00. The van der Waals surface area contributed by atoms with Gasteiger partial charge in [0.25, 0.3) is 0 Å². The summed E-state index contributed by atoms with van der Waals surface area (Å²) in [6, 6.07) is 11.2. The van der Waals surface area contributed by atoms with Gasteiger partial charge in [-0.25, -0.2) is 0 Å². The monoisotopic (exact) mass is 334 g/mol. The van der Waals surface area contributed by atoms with E-state index in [4.69, 9.17) is 25.8 Å². The minimum Gasteiger partial charge on any atom is -0.496 e. The Hall–Kier alpha value is -2.40. The van der Waals surface area contributed by atoms with Crippen molar-refractivity contribution in [3.8, 4) is 17.2 Å². The molecule has 2 aromatic rings. The van der Waals surface area contributed by atoms with Crippen molar-refractivity contribution in [2.45, 2.75) is 6.54 Å². The second-order valence-electron chi connectivity index (χ2n) is 4.63. The van der Waals surface area contributed by atoms with Gasteiger partial charge in [0, 0.05) is 17.2 Å². The molecule has 0 saturated heterocycles. The van der Waals surface area contributed by atoms with Crippen LogP contribution in [0.3, 0.4) is 0 Å². The van der Waals surface area contributed by atoms with Gasteiger partial charge in [-0.1, -0.05) is 29.8 Å². The van der Waals surface area contributed by atoms with Gasteiger partial charge in [0.15, 0.2) is 11.5 Å². The second-order valence-corrected chi connectivity index (χ2v) is 5.04. The molecule has 23 heavy (non-hydrogen) atoms. The summed E-state index contributed by atoms with van der Waals surface area (Å²) < 4.78 is 15.7. The Bertz CT molecular complexity index is 690. The standard InChI is InChI=1S/C17H19ClN2O3/c1-21-15-7-5-4-6-12(15)10-19-20-11-13-8-16(22-2)17(23-3)9-14(13)18/h4-9,11,19H,10H2,1-3H3/b20-11-. The number of para-hydroxylation sites is 1. The Morgan fingerprint density at radius 3 is 2.35 bits per heavy atom. The van der Waals surface area contributed by atoms with E-state index in [2.05, 4.69) is 10.5 Å². The molecule has 0 aliphatic heterocycles. The number of hydrazone groups is 1. The van der Waals surface area contributed by atoms with Crippen LogP contribution in [-0.4, -0.2) is 27.5 Å². The zero-order chi connectivity index (χ0) is 16.7. The van der Waals surface area contributed by atoms with E-state index in [-0.39, 0.29) is 0 Å². The Morgan fingerprint density at radius 2 is 1.65 bits per heavy atom. The van der Waals surface area contributed by atoms with Crippen molar-refractivity contribution in [1.29, 1.82) is 0 Å². The lowest BCUT2D eigenvalue weighted by Gasteiger charge is -2.10. The molecule has 122 valence electrons. The molecular weight excluding hydrogens is 316 g/mol. The largest absolute Gasteiger partial charge is 0.496 e. The molecule has 0 spiro atoms. The van der Waals surface area contributed by atoms with Crippen molar-refractivity contribution >= 4 is 17.8 Å². The van der Waals surface area contributed by atoms with Crippen LogP contribution in [0.1, 0.15) is 11.1 Å². The van der Waals surface area contributed by atoms with Crippen LogP contribution in [0.4, 0.5) is 0 Å². The highest BCUT2D eigenvalue weighted by Crippen LogP contribution is 2.32. The number of nitrogens with zero attached hydrogens (tertiary/aromatic N) is 1. The fourth-order valence-electron chi connectivity index (χ4n) is 2.06. The first-order valence-corrected chi connectivity index (χ1v) is 7.36. The second kappa shape index (κ2) is 8.29. The summed E-state index contributed by atoms with van der Waals surface area (Å²) in [6.45, 7) is 0.547. The molecule has 0 fully saturated rings. The number of methoxy groups -OCH3 is 3. The molecule has 0 aliphatic rings. The van der Waals surface area contributed by atoms with E-state index in [0.717, 1.165) is 16.9 Å². The van der Waals surface area contributed by atoms with Gasteiger partial charge in [-0.3, -0.25) is 0 Å². The van der Waals surface area contributed by atoms with Crippen molar-refractivity contribution in [3.63, 3.8) is 0 Å². The number of hydrogen-bond acceptors (Lipinski definition) is 5. The Morgan fingerprint density at radius 1 is 1.00 bits per heavy atom. The molecule has 0 heterocycles. The topological polar surface area (TPSA) is 52.1 Å². The van der Waals surface area contributed by atoms with Crippen LogP contribution in [0.2, 0.25) is 5.02 Å². The number of rotatable bonds is 7. The van der Waals surface area contributed by atoms with Crippen LogP contribution in [0.5, 0.6) is 17.2 Å². The van der Waals surface area contributed by atoms with Crippen molar-refractivity contribution in [1.82, 2.24) is 5.43 Å². The van der Waals surface area contributed by atoms with Gasteiger partial charge in [0.1, 0.15) is 5.75 Å². The lowest BCUT2D eigenvalue weighted by Crippen LogP contribution is -2.07. The van der Waals surface area contributed by atoms with Gasteiger partial charge in [-0.15, -0.1) is 0 Å².